The van der Waals surface area contributed by atoms with Gasteiger partial charge in [-0.3, -0.25) is 14.9 Å². The Labute approximate surface area is 132 Å². The summed E-state index contributed by atoms with van der Waals surface area (Å²) in [5.41, 5.74) is -1.11. The molecule has 0 saturated carbocycles. The Hall–Kier alpha value is -3.04. The minimum absolute atomic E-state index is 0.105. The van der Waals surface area contributed by atoms with E-state index in [0.717, 1.165) is 18.2 Å². The van der Waals surface area contributed by atoms with Crippen LogP contribution in [0.25, 0.3) is 0 Å². The van der Waals surface area contributed by atoms with Gasteiger partial charge >= 0.3 is 24.1 Å². The number of esters is 1. The van der Waals surface area contributed by atoms with Crippen molar-refractivity contribution < 1.29 is 32.4 Å². The first-order valence-electron chi connectivity index (χ1n) is 6.43. The third kappa shape index (κ3) is 3.65. The van der Waals surface area contributed by atoms with Gasteiger partial charge in [0.15, 0.2) is 5.76 Å². The van der Waals surface area contributed by atoms with Gasteiger partial charge in [0.1, 0.15) is 0 Å². The Balaban J connectivity index is 2.23. The molecule has 0 saturated heterocycles. The summed E-state index contributed by atoms with van der Waals surface area (Å²) in [6.07, 6.45) is -3.51. The quantitative estimate of drug-likeness (QED) is 0.477. The molecule has 126 valence electrons. The van der Waals surface area contributed by atoms with Gasteiger partial charge in [-0.05, 0) is 31.2 Å². The molecular formula is C14H9F3N2O5. The van der Waals surface area contributed by atoms with Crippen LogP contribution in [0.1, 0.15) is 22.8 Å². The number of carbonyl (C=O) groups excluding carboxylic acids is 2. The number of alkyl halides is 3. The maximum atomic E-state index is 12.5. The predicted octanol–water partition coefficient (Wildman–Crippen LogP) is 2.39. The van der Waals surface area contributed by atoms with Crippen LogP contribution in [0, 0.1) is 10.1 Å². The van der Waals surface area contributed by atoms with Crippen molar-refractivity contribution in [1.82, 2.24) is 0 Å². The fraction of sp³-hybridized carbons (Fsp3) is 0.214. The number of halogens is 3. The zero-order valence-electron chi connectivity index (χ0n) is 12.0. The Bertz CT molecular complexity index is 766. The predicted molar refractivity (Wildman–Crippen MR) is 73.8 cm³/mol. The minimum Gasteiger partial charge on any atom is -0.419 e. The summed E-state index contributed by atoms with van der Waals surface area (Å²) in [6, 6.07) is 1.13. The standard InChI is InChI=1S/C14H9F3N2O5/c1-7-6-10(11(19(22)23)12(20)18-7)24-13(21)8-2-4-9(5-3-8)14(15,16)17/h2-6,11H,1H3. The molecule has 1 unspecified atom stereocenters. The molecule has 1 aliphatic heterocycles. The van der Waals surface area contributed by atoms with Crippen molar-refractivity contribution in [2.75, 3.05) is 0 Å². The molecule has 0 N–H and O–H groups in total. The molecule has 0 aromatic heterocycles. The molecule has 2 rings (SSSR count). The van der Waals surface area contributed by atoms with E-state index in [9.17, 15) is 32.9 Å². The van der Waals surface area contributed by atoms with Crippen LogP contribution in [0.4, 0.5) is 13.2 Å². The average molecular weight is 342 g/mol. The van der Waals surface area contributed by atoms with E-state index in [2.05, 4.69) is 4.99 Å². The number of nitro groups is 1. The van der Waals surface area contributed by atoms with Gasteiger partial charge in [-0.15, -0.1) is 0 Å². The third-order valence-corrected chi connectivity index (χ3v) is 3.01. The third-order valence-electron chi connectivity index (χ3n) is 3.01. The summed E-state index contributed by atoms with van der Waals surface area (Å²) < 4.78 is 42.2. The molecule has 7 nitrogen and oxygen atoms in total. The number of nitrogens with zero attached hydrogens (tertiary/aromatic N) is 2. The normalized spacial score (nSPS) is 17.8. The topological polar surface area (TPSA) is 98.9 Å². The zero-order chi connectivity index (χ0) is 18.1. The second-order valence-corrected chi connectivity index (χ2v) is 4.79. The van der Waals surface area contributed by atoms with Crippen LogP contribution >= 0.6 is 0 Å². The zero-order valence-corrected chi connectivity index (χ0v) is 12.0. The van der Waals surface area contributed by atoms with Crippen LogP contribution in [-0.4, -0.2) is 28.6 Å². The van der Waals surface area contributed by atoms with E-state index >= 15 is 0 Å². The van der Waals surface area contributed by atoms with Crippen molar-refractivity contribution in [2.24, 2.45) is 4.99 Å². The van der Waals surface area contributed by atoms with Crippen molar-refractivity contribution in [3.63, 3.8) is 0 Å². The number of dihydropyridines is 1. The summed E-state index contributed by atoms with van der Waals surface area (Å²) in [4.78, 5) is 36.8. The van der Waals surface area contributed by atoms with E-state index in [-0.39, 0.29) is 11.3 Å². The highest BCUT2D eigenvalue weighted by molar-refractivity contribution is 6.06. The molecule has 1 heterocycles. The van der Waals surface area contributed by atoms with Gasteiger partial charge in [0.25, 0.3) is 0 Å². The molecule has 24 heavy (non-hydrogen) atoms. The van der Waals surface area contributed by atoms with Gasteiger partial charge in [0.05, 0.1) is 11.1 Å². The van der Waals surface area contributed by atoms with E-state index in [1.54, 1.807) is 0 Å². The minimum atomic E-state index is -4.56. The molecule has 0 bridgehead atoms. The lowest BCUT2D eigenvalue weighted by atomic mass is 10.1. The van der Waals surface area contributed by atoms with Crippen LogP contribution in [0.3, 0.4) is 0 Å². The first-order chi connectivity index (χ1) is 11.1. The molecule has 0 aliphatic carbocycles. The summed E-state index contributed by atoms with van der Waals surface area (Å²) in [5.74, 6) is -2.76. The highest BCUT2D eigenvalue weighted by Gasteiger charge is 2.39. The van der Waals surface area contributed by atoms with Crippen molar-refractivity contribution in [2.45, 2.75) is 19.1 Å². The molecule has 0 spiro atoms. The summed E-state index contributed by atoms with van der Waals surface area (Å²) in [7, 11) is 0. The molecule has 1 amide bonds. The SMILES string of the molecule is CC1=NC(=O)C([N+](=O)[O-])C(OC(=O)c2ccc(C(F)(F)F)cc2)=C1. The largest absolute Gasteiger partial charge is 0.419 e. The van der Waals surface area contributed by atoms with Gasteiger partial charge in [-0.25, -0.2) is 9.79 Å². The Morgan fingerprint density at radius 1 is 1.29 bits per heavy atom. The van der Waals surface area contributed by atoms with E-state index in [4.69, 9.17) is 4.74 Å². The van der Waals surface area contributed by atoms with Gasteiger partial charge < -0.3 is 4.74 Å². The summed E-state index contributed by atoms with van der Waals surface area (Å²) in [6.45, 7) is 1.38. The highest BCUT2D eigenvalue weighted by Crippen LogP contribution is 2.29. The summed E-state index contributed by atoms with van der Waals surface area (Å²) >= 11 is 0. The number of ether oxygens (including phenoxy) is 1. The molecule has 1 atom stereocenters. The number of rotatable bonds is 3. The second-order valence-electron chi connectivity index (χ2n) is 4.79. The summed E-state index contributed by atoms with van der Waals surface area (Å²) in [5, 5.41) is 10.9. The molecule has 0 fully saturated rings. The van der Waals surface area contributed by atoms with E-state index < -0.39 is 40.3 Å². The second kappa shape index (κ2) is 6.22. The van der Waals surface area contributed by atoms with Crippen molar-refractivity contribution >= 4 is 17.6 Å². The van der Waals surface area contributed by atoms with Gasteiger partial charge in [0, 0.05) is 16.7 Å². The first kappa shape index (κ1) is 17.3. The molecule has 10 heteroatoms. The lowest BCUT2D eigenvalue weighted by molar-refractivity contribution is -0.501. The Morgan fingerprint density at radius 3 is 2.38 bits per heavy atom. The average Bonchev–Trinajstić information content (AvgIpc) is 2.45. The molecule has 1 aromatic rings. The molecule has 0 radical (unpaired) electrons. The smallest absolute Gasteiger partial charge is 0.416 e. The van der Waals surface area contributed by atoms with Crippen LogP contribution in [0.5, 0.6) is 0 Å². The van der Waals surface area contributed by atoms with Crippen molar-refractivity contribution in [3.05, 3.63) is 57.3 Å². The number of amides is 1. The first-order valence-corrected chi connectivity index (χ1v) is 6.43. The van der Waals surface area contributed by atoms with E-state index in [1.165, 1.54) is 6.92 Å². The highest BCUT2D eigenvalue weighted by atomic mass is 19.4. The van der Waals surface area contributed by atoms with Gasteiger partial charge in [-0.1, -0.05) is 0 Å². The molecular weight excluding hydrogens is 333 g/mol. The monoisotopic (exact) mass is 342 g/mol. The van der Waals surface area contributed by atoms with Crippen molar-refractivity contribution in [3.8, 4) is 0 Å². The Kier molecular flexibility index (Phi) is 4.49. The number of benzene rings is 1. The van der Waals surface area contributed by atoms with Crippen LogP contribution in [0.15, 0.2) is 41.1 Å². The number of carbonyl (C=O) groups is 2. The number of hydrogen-bond donors (Lipinski definition) is 0. The van der Waals surface area contributed by atoms with Crippen molar-refractivity contribution in [1.29, 1.82) is 0 Å². The van der Waals surface area contributed by atoms with E-state index in [0.29, 0.717) is 12.1 Å². The fourth-order valence-electron chi connectivity index (χ4n) is 1.91. The molecule has 1 aromatic carbocycles. The number of aliphatic imine (C=N–C) groups is 1. The van der Waals surface area contributed by atoms with Gasteiger partial charge in [0.2, 0.25) is 0 Å². The lowest BCUT2D eigenvalue weighted by Crippen LogP contribution is -2.35. The maximum absolute atomic E-state index is 12.5. The fourth-order valence-corrected chi connectivity index (χ4v) is 1.91. The van der Waals surface area contributed by atoms with Crippen LogP contribution in [0.2, 0.25) is 0 Å². The Morgan fingerprint density at radius 2 is 1.88 bits per heavy atom. The number of allylic oxidation sites excluding steroid dienone is 1. The van der Waals surface area contributed by atoms with Crippen LogP contribution < -0.4 is 0 Å². The number of hydrogen-bond acceptors (Lipinski definition) is 5. The molecule has 1 aliphatic rings. The lowest BCUT2D eigenvalue weighted by Gasteiger charge is -2.14. The maximum Gasteiger partial charge on any atom is 0.416 e. The van der Waals surface area contributed by atoms with Crippen LogP contribution in [-0.2, 0) is 15.7 Å². The van der Waals surface area contributed by atoms with Gasteiger partial charge in [-0.2, -0.15) is 13.2 Å². The van der Waals surface area contributed by atoms with E-state index in [1.807, 2.05) is 0 Å².